The summed E-state index contributed by atoms with van der Waals surface area (Å²) >= 11 is 0. The number of unbranched alkanes of at least 4 members (excludes halogenated alkanes) is 1. The molecule has 0 aromatic rings. The van der Waals surface area contributed by atoms with E-state index in [1.807, 2.05) is 61.0 Å². The molecule has 0 spiro atoms. The molecular weight excluding hydrogens is 701 g/mol. The Morgan fingerprint density at radius 3 is 1.78 bits per heavy atom. The number of hydrogen-bond acceptors (Lipinski definition) is 1. The Balaban J connectivity index is 0. The third-order valence-electron chi connectivity index (χ3n) is 16.5. The second kappa shape index (κ2) is 29.3. The molecule has 1 N–H and O–H groups in total. The maximum absolute atomic E-state index is 10.2. The maximum Gasteiger partial charge on any atom is 0.0543 e. The Kier molecular flexibility index (Phi) is 29.9. The Labute approximate surface area is 369 Å². The third-order valence-corrected chi connectivity index (χ3v) is 16.5. The lowest BCUT2D eigenvalue weighted by molar-refractivity contribution is -0.0790. The Bertz CT molecular complexity index is 1080. The number of aliphatic hydroxyl groups excluding tert-OH is 1. The fraction of sp³-hybridized carbons (Fsp3) is 0.895. The first-order valence-electron chi connectivity index (χ1n) is 25.5. The van der Waals surface area contributed by atoms with Gasteiger partial charge in [0.1, 0.15) is 0 Å². The Morgan fingerprint density at radius 2 is 1.22 bits per heavy atom. The number of terminal acetylenes is 1. The maximum atomic E-state index is 10.2. The first kappa shape index (κ1) is 59.1. The van der Waals surface area contributed by atoms with Crippen molar-refractivity contribution < 1.29 is 5.11 Å². The highest BCUT2D eigenvalue weighted by Crippen LogP contribution is 2.69. The van der Waals surface area contributed by atoms with Crippen molar-refractivity contribution in [2.45, 2.75) is 246 Å². The van der Waals surface area contributed by atoms with Crippen LogP contribution in [0.4, 0.5) is 0 Å². The van der Waals surface area contributed by atoms with Gasteiger partial charge in [0, 0.05) is 0 Å². The van der Waals surface area contributed by atoms with Crippen molar-refractivity contribution in [3.8, 4) is 12.8 Å². The predicted molar refractivity (Wildman–Crippen MR) is 266 cm³/mol. The fourth-order valence-corrected chi connectivity index (χ4v) is 13.9. The van der Waals surface area contributed by atoms with Crippen molar-refractivity contribution in [2.75, 3.05) is 0 Å². The van der Waals surface area contributed by atoms with Crippen LogP contribution in [0.25, 0.3) is 0 Å². The van der Waals surface area contributed by atoms with E-state index in [0.29, 0.717) is 16.2 Å². The van der Waals surface area contributed by atoms with Crippen LogP contribution in [0.5, 0.6) is 0 Å². The fourth-order valence-electron chi connectivity index (χ4n) is 13.9. The van der Waals surface area contributed by atoms with Crippen LogP contribution >= 0.6 is 0 Å². The molecule has 0 amide bonds. The largest absolute Gasteiger partial charge is 0.393 e. The number of rotatable bonds is 8. The van der Waals surface area contributed by atoms with Gasteiger partial charge in [-0.3, -0.25) is 0 Å². The monoisotopic (exact) mass is 811 g/mol. The van der Waals surface area contributed by atoms with Crippen molar-refractivity contribution in [2.24, 2.45) is 81.3 Å². The molecule has 344 valence electrons. The van der Waals surface area contributed by atoms with E-state index in [1.54, 1.807) is 0 Å². The molecule has 0 aliphatic heterocycles. The molecule has 0 heterocycles. The van der Waals surface area contributed by atoms with E-state index in [2.05, 4.69) is 87.5 Å². The molecular formula is C57H110O. The molecule has 0 aromatic carbocycles. The lowest BCUT2D eigenvalue weighted by atomic mass is 9.44. The standard InChI is InChI=1S/C44H76O.4C2H6.C2H4.C2H2.CH4/c1-29-23-32(27-34-12-15-37(45)25-30(34)2)26-33(24-29)28-35-13-17-39-38(31(35)3)16-19-41-40-18-14-36(11-9-10-20-42(4,5)6)43(40,7)21-22-44(39,41)8;6*1-2;/h16,29-37,39-41,45H,9-15,17-28H2,1-8H3;4*1-2H3;1-2H2;1-2H;1H4. The van der Waals surface area contributed by atoms with Crippen LogP contribution in [0, 0.1) is 94.2 Å². The van der Waals surface area contributed by atoms with Crippen LogP contribution in [0.1, 0.15) is 240 Å². The smallest absolute Gasteiger partial charge is 0.0543 e. The summed E-state index contributed by atoms with van der Waals surface area (Å²) in [5, 5.41) is 10.2. The molecule has 14 unspecified atom stereocenters. The minimum atomic E-state index is -0.0286. The summed E-state index contributed by atoms with van der Waals surface area (Å²) in [6.45, 7) is 42.5. The molecule has 0 aromatic heterocycles. The molecule has 6 aliphatic carbocycles. The van der Waals surface area contributed by atoms with Crippen LogP contribution < -0.4 is 0 Å². The summed E-state index contributed by atoms with van der Waals surface area (Å²) in [5.74, 6) is 9.89. The topological polar surface area (TPSA) is 20.2 Å². The van der Waals surface area contributed by atoms with Crippen molar-refractivity contribution in [3.05, 3.63) is 24.8 Å². The first-order chi connectivity index (χ1) is 27.3. The van der Waals surface area contributed by atoms with Crippen molar-refractivity contribution in [1.29, 1.82) is 0 Å². The summed E-state index contributed by atoms with van der Waals surface area (Å²) in [6.07, 6.45) is 37.8. The van der Waals surface area contributed by atoms with Crippen molar-refractivity contribution >= 4 is 0 Å². The predicted octanol–water partition coefficient (Wildman–Crippen LogP) is 18.5. The SMILES string of the molecule is C.C#C.C=C.CC.CC.CC.CC.CC1CC(CC2CCC(O)CC2C)CC(CC2CCC3C(=CCC4C5CCC(CCCCC(C)(C)C)C5(C)CCC34C)C2C)C1. The minimum Gasteiger partial charge on any atom is -0.393 e. The van der Waals surface area contributed by atoms with Crippen LogP contribution in [0.3, 0.4) is 0 Å². The van der Waals surface area contributed by atoms with Gasteiger partial charge in [0.25, 0.3) is 0 Å². The molecule has 0 saturated heterocycles. The average Bonchev–Trinajstić information content (AvgIpc) is 3.55. The Hall–Kier alpha value is -1.00. The van der Waals surface area contributed by atoms with Gasteiger partial charge in [-0.1, -0.05) is 143 Å². The second-order valence-corrected chi connectivity index (χ2v) is 20.6. The third kappa shape index (κ3) is 15.4. The van der Waals surface area contributed by atoms with Gasteiger partial charge in [-0.05, 0) is 190 Å². The van der Waals surface area contributed by atoms with Crippen molar-refractivity contribution in [3.63, 3.8) is 0 Å². The molecule has 6 aliphatic rings. The number of aliphatic hydroxyl groups is 1. The van der Waals surface area contributed by atoms with Crippen LogP contribution in [-0.2, 0) is 0 Å². The van der Waals surface area contributed by atoms with E-state index in [4.69, 9.17) is 0 Å². The zero-order valence-electron chi connectivity index (χ0n) is 42.0. The van der Waals surface area contributed by atoms with Gasteiger partial charge in [-0.15, -0.1) is 26.0 Å². The van der Waals surface area contributed by atoms with Gasteiger partial charge in [0.15, 0.2) is 0 Å². The van der Waals surface area contributed by atoms with Gasteiger partial charge in [0.2, 0.25) is 0 Å². The molecule has 5 fully saturated rings. The van der Waals surface area contributed by atoms with E-state index in [9.17, 15) is 5.11 Å². The highest BCUT2D eigenvalue weighted by Gasteiger charge is 2.60. The number of fused-ring (bicyclic) bond motifs is 5. The lowest BCUT2D eigenvalue weighted by Crippen LogP contribution is -2.52. The normalized spacial score (nSPS) is 38.3. The van der Waals surface area contributed by atoms with Crippen LogP contribution in [0.2, 0.25) is 0 Å². The summed E-state index contributed by atoms with van der Waals surface area (Å²) in [5.41, 5.74) is 3.60. The molecule has 58 heavy (non-hydrogen) atoms. The van der Waals surface area contributed by atoms with Crippen molar-refractivity contribution in [1.82, 2.24) is 0 Å². The number of hydrogen-bond donors (Lipinski definition) is 1. The molecule has 14 atom stereocenters. The molecule has 0 bridgehead atoms. The van der Waals surface area contributed by atoms with E-state index in [0.717, 1.165) is 77.9 Å². The highest BCUT2D eigenvalue weighted by molar-refractivity contribution is 5.25. The first-order valence-corrected chi connectivity index (χ1v) is 25.5. The molecule has 6 rings (SSSR count). The summed E-state index contributed by atoms with van der Waals surface area (Å²) in [6, 6.07) is 0. The van der Waals surface area contributed by atoms with Crippen LogP contribution in [-0.4, -0.2) is 11.2 Å². The van der Waals surface area contributed by atoms with Gasteiger partial charge < -0.3 is 5.11 Å². The summed E-state index contributed by atoms with van der Waals surface area (Å²) in [4.78, 5) is 0. The molecule has 1 heteroatoms. The zero-order valence-corrected chi connectivity index (χ0v) is 42.0. The summed E-state index contributed by atoms with van der Waals surface area (Å²) < 4.78 is 0. The van der Waals surface area contributed by atoms with Gasteiger partial charge >= 0.3 is 0 Å². The Morgan fingerprint density at radius 1 is 0.690 bits per heavy atom. The van der Waals surface area contributed by atoms with E-state index < -0.39 is 0 Å². The molecule has 0 radical (unpaired) electrons. The highest BCUT2D eigenvalue weighted by atomic mass is 16.3. The number of allylic oxidation sites excluding steroid dienone is 2. The lowest BCUT2D eigenvalue weighted by Gasteiger charge is -2.61. The van der Waals surface area contributed by atoms with Gasteiger partial charge in [-0.25, -0.2) is 0 Å². The average molecular weight is 812 g/mol. The van der Waals surface area contributed by atoms with Crippen LogP contribution in [0.15, 0.2) is 24.8 Å². The van der Waals surface area contributed by atoms with Gasteiger partial charge in [0.05, 0.1) is 6.10 Å². The molecule has 1 nitrogen and oxygen atoms in total. The second-order valence-electron chi connectivity index (χ2n) is 20.6. The van der Waals surface area contributed by atoms with E-state index in [1.165, 1.54) is 109 Å². The minimum absolute atomic E-state index is 0. The van der Waals surface area contributed by atoms with E-state index in [-0.39, 0.29) is 13.5 Å². The quantitative estimate of drug-likeness (QED) is 0.147. The zero-order chi connectivity index (χ0) is 44.1. The van der Waals surface area contributed by atoms with Gasteiger partial charge in [-0.2, -0.15) is 0 Å². The van der Waals surface area contributed by atoms with E-state index >= 15 is 0 Å². The summed E-state index contributed by atoms with van der Waals surface area (Å²) in [7, 11) is 0. The molecule has 5 saturated carbocycles.